The van der Waals surface area contributed by atoms with Gasteiger partial charge in [0.05, 0.1) is 23.4 Å². The van der Waals surface area contributed by atoms with Gasteiger partial charge >= 0.3 is 0 Å². The van der Waals surface area contributed by atoms with E-state index in [2.05, 4.69) is 68.9 Å². The molecule has 24 heavy (non-hydrogen) atoms. The Hall–Kier alpha value is -1.98. The predicted molar refractivity (Wildman–Crippen MR) is 97.1 cm³/mol. The minimum absolute atomic E-state index is 0.389. The SMILES string of the molecule is Cc1nc(CN[C@H]2CCCc3c2cnn3Cc2ccccc2)cs1. The molecule has 0 radical (unpaired) electrons. The molecule has 1 aliphatic carbocycles. The molecule has 0 amide bonds. The summed E-state index contributed by atoms with van der Waals surface area (Å²) in [5, 5.41) is 11.6. The lowest BCUT2D eigenvalue weighted by Gasteiger charge is -2.24. The standard InChI is InChI=1S/C19H22N4S/c1-14-22-16(13-24-14)10-20-18-8-5-9-19-17(18)11-21-23(19)12-15-6-3-2-4-7-15/h2-4,6-7,11,13,18,20H,5,8-10,12H2,1H3/t18-/m0/s1. The van der Waals surface area contributed by atoms with Crippen LogP contribution in [0.1, 0.15) is 46.4 Å². The lowest BCUT2D eigenvalue weighted by Crippen LogP contribution is -2.25. The molecule has 3 aromatic rings. The maximum Gasteiger partial charge on any atom is 0.0897 e. The van der Waals surface area contributed by atoms with Crippen molar-refractivity contribution in [3.05, 3.63) is 69.4 Å². The van der Waals surface area contributed by atoms with E-state index in [0.717, 1.165) is 30.2 Å². The molecule has 2 heterocycles. The van der Waals surface area contributed by atoms with Crippen LogP contribution in [0.2, 0.25) is 0 Å². The first-order valence-electron chi connectivity index (χ1n) is 8.52. The molecule has 0 fully saturated rings. The second-order valence-corrected chi connectivity index (χ2v) is 7.44. The van der Waals surface area contributed by atoms with E-state index in [0.29, 0.717) is 6.04 Å². The molecule has 1 N–H and O–H groups in total. The van der Waals surface area contributed by atoms with E-state index in [-0.39, 0.29) is 0 Å². The van der Waals surface area contributed by atoms with E-state index in [4.69, 9.17) is 0 Å². The van der Waals surface area contributed by atoms with Crippen molar-refractivity contribution in [2.24, 2.45) is 0 Å². The van der Waals surface area contributed by atoms with Crippen molar-refractivity contribution in [3.63, 3.8) is 0 Å². The zero-order chi connectivity index (χ0) is 16.4. The highest BCUT2D eigenvalue weighted by Crippen LogP contribution is 2.30. The fraction of sp³-hybridized carbons (Fsp3) is 0.368. The average molecular weight is 338 g/mol. The number of aryl methyl sites for hydroxylation is 1. The molecule has 1 aliphatic rings. The first-order valence-corrected chi connectivity index (χ1v) is 9.40. The van der Waals surface area contributed by atoms with Crippen molar-refractivity contribution < 1.29 is 0 Å². The van der Waals surface area contributed by atoms with E-state index in [1.165, 1.54) is 29.7 Å². The summed E-state index contributed by atoms with van der Waals surface area (Å²) >= 11 is 1.71. The topological polar surface area (TPSA) is 42.7 Å². The van der Waals surface area contributed by atoms with Crippen LogP contribution in [0.5, 0.6) is 0 Å². The Labute approximate surface area is 146 Å². The Kier molecular flexibility index (Phi) is 4.45. The highest BCUT2D eigenvalue weighted by molar-refractivity contribution is 7.09. The number of nitrogens with zero attached hydrogens (tertiary/aromatic N) is 3. The second kappa shape index (κ2) is 6.87. The van der Waals surface area contributed by atoms with Gasteiger partial charge in [-0.1, -0.05) is 30.3 Å². The van der Waals surface area contributed by atoms with Gasteiger partial charge in [-0.2, -0.15) is 5.10 Å². The first-order chi connectivity index (χ1) is 11.8. The summed E-state index contributed by atoms with van der Waals surface area (Å²) in [7, 11) is 0. The minimum atomic E-state index is 0.389. The lowest BCUT2D eigenvalue weighted by atomic mass is 9.93. The van der Waals surface area contributed by atoms with Gasteiger partial charge in [-0.15, -0.1) is 11.3 Å². The molecule has 0 saturated heterocycles. The van der Waals surface area contributed by atoms with Gasteiger partial charge in [0.15, 0.2) is 0 Å². The molecule has 1 atom stereocenters. The lowest BCUT2D eigenvalue weighted by molar-refractivity contribution is 0.447. The third-order valence-electron chi connectivity index (χ3n) is 4.63. The minimum Gasteiger partial charge on any atom is -0.304 e. The summed E-state index contributed by atoms with van der Waals surface area (Å²) in [4.78, 5) is 4.55. The normalized spacial score (nSPS) is 17.0. The fourth-order valence-electron chi connectivity index (χ4n) is 3.44. The first kappa shape index (κ1) is 15.5. The van der Waals surface area contributed by atoms with Gasteiger partial charge < -0.3 is 5.32 Å². The summed E-state index contributed by atoms with van der Waals surface area (Å²) in [6.07, 6.45) is 5.56. The van der Waals surface area contributed by atoms with E-state index in [9.17, 15) is 0 Å². The third-order valence-corrected chi connectivity index (χ3v) is 5.46. The van der Waals surface area contributed by atoms with Crippen LogP contribution in [-0.2, 0) is 19.5 Å². The van der Waals surface area contributed by atoms with Crippen LogP contribution < -0.4 is 5.32 Å². The zero-order valence-corrected chi connectivity index (χ0v) is 14.7. The molecule has 4 nitrogen and oxygen atoms in total. The number of nitrogens with one attached hydrogen (secondary N) is 1. The second-order valence-electron chi connectivity index (χ2n) is 6.37. The molecule has 124 valence electrons. The predicted octanol–water partition coefficient (Wildman–Crippen LogP) is 3.86. The summed E-state index contributed by atoms with van der Waals surface area (Å²) < 4.78 is 2.17. The number of aromatic nitrogens is 3. The summed E-state index contributed by atoms with van der Waals surface area (Å²) in [6.45, 7) is 3.74. The highest BCUT2D eigenvalue weighted by atomic mass is 32.1. The van der Waals surface area contributed by atoms with Crippen LogP contribution >= 0.6 is 11.3 Å². The Morgan fingerprint density at radius 2 is 2.17 bits per heavy atom. The molecule has 5 heteroatoms. The molecule has 2 aromatic heterocycles. The molecular weight excluding hydrogens is 316 g/mol. The highest BCUT2D eigenvalue weighted by Gasteiger charge is 2.24. The molecule has 4 rings (SSSR count). The number of hydrogen-bond acceptors (Lipinski definition) is 4. The van der Waals surface area contributed by atoms with Gasteiger partial charge in [0.1, 0.15) is 0 Å². The van der Waals surface area contributed by atoms with E-state index < -0.39 is 0 Å². The van der Waals surface area contributed by atoms with Crippen LogP contribution in [0.15, 0.2) is 41.9 Å². The van der Waals surface area contributed by atoms with Gasteiger partial charge in [-0.25, -0.2) is 4.98 Å². The van der Waals surface area contributed by atoms with Gasteiger partial charge in [0, 0.05) is 29.2 Å². The maximum atomic E-state index is 4.67. The molecule has 0 bridgehead atoms. The quantitative estimate of drug-likeness (QED) is 0.768. The van der Waals surface area contributed by atoms with Crippen LogP contribution in [0, 0.1) is 6.92 Å². The molecule has 0 unspecified atom stereocenters. The largest absolute Gasteiger partial charge is 0.304 e. The summed E-state index contributed by atoms with van der Waals surface area (Å²) in [6, 6.07) is 11.0. The van der Waals surface area contributed by atoms with Crippen molar-refractivity contribution in [2.45, 2.75) is 45.3 Å². The van der Waals surface area contributed by atoms with Crippen molar-refractivity contribution in [1.82, 2.24) is 20.1 Å². The zero-order valence-electron chi connectivity index (χ0n) is 13.9. The molecule has 0 spiro atoms. The van der Waals surface area contributed by atoms with Gasteiger partial charge in [-0.05, 0) is 31.7 Å². The Morgan fingerprint density at radius 3 is 2.96 bits per heavy atom. The molecule has 0 aliphatic heterocycles. The third kappa shape index (κ3) is 3.28. The van der Waals surface area contributed by atoms with E-state index >= 15 is 0 Å². The van der Waals surface area contributed by atoms with Crippen LogP contribution in [0.3, 0.4) is 0 Å². The molecule has 1 aromatic carbocycles. The van der Waals surface area contributed by atoms with Gasteiger partial charge in [-0.3, -0.25) is 4.68 Å². The van der Waals surface area contributed by atoms with Crippen LogP contribution in [0.4, 0.5) is 0 Å². The van der Waals surface area contributed by atoms with Crippen molar-refractivity contribution in [1.29, 1.82) is 0 Å². The maximum absolute atomic E-state index is 4.67. The number of hydrogen-bond donors (Lipinski definition) is 1. The van der Waals surface area contributed by atoms with Gasteiger partial charge in [0.25, 0.3) is 0 Å². The van der Waals surface area contributed by atoms with Crippen LogP contribution in [0.25, 0.3) is 0 Å². The van der Waals surface area contributed by atoms with Crippen molar-refractivity contribution in [3.8, 4) is 0 Å². The van der Waals surface area contributed by atoms with E-state index in [1.54, 1.807) is 11.3 Å². The molecular formula is C19H22N4S. The fourth-order valence-corrected chi connectivity index (χ4v) is 4.05. The number of fused-ring (bicyclic) bond motifs is 1. The Morgan fingerprint density at radius 1 is 1.29 bits per heavy atom. The Bertz CT molecular complexity index is 806. The summed E-state index contributed by atoms with van der Waals surface area (Å²) in [5.74, 6) is 0. The smallest absolute Gasteiger partial charge is 0.0897 e. The monoisotopic (exact) mass is 338 g/mol. The molecule has 0 saturated carbocycles. The average Bonchev–Trinajstić information content (AvgIpc) is 3.21. The van der Waals surface area contributed by atoms with Crippen LogP contribution in [-0.4, -0.2) is 14.8 Å². The van der Waals surface area contributed by atoms with Crippen molar-refractivity contribution in [2.75, 3.05) is 0 Å². The number of thiazole rings is 1. The Balaban J connectivity index is 1.49. The summed E-state index contributed by atoms with van der Waals surface area (Å²) in [5.41, 5.74) is 5.19. The number of rotatable bonds is 5. The van der Waals surface area contributed by atoms with Crippen molar-refractivity contribution >= 4 is 11.3 Å². The van der Waals surface area contributed by atoms with E-state index in [1.807, 2.05) is 0 Å². The number of benzene rings is 1. The van der Waals surface area contributed by atoms with Gasteiger partial charge in [0.2, 0.25) is 0 Å².